The SMILES string of the molecule is CCC1CC(Cc2ccccc2)=Nn2c1c1cc(Cl)ccc1nc2=O. The summed E-state index contributed by atoms with van der Waals surface area (Å²) in [7, 11) is 0. The molecule has 2 aromatic carbocycles. The monoisotopic (exact) mass is 351 g/mol. The molecular weight excluding hydrogens is 334 g/mol. The summed E-state index contributed by atoms with van der Waals surface area (Å²) in [5.74, 6) is 0.230. The van der Waals surface area contributed by atoms with E-state index in [1.165, 1.54) is 10.2 Å². The Bertz CT molecular complexity index is 1020. The molecule has 1 unspecified atom stereocenters. The van der Waals surface area contributed by atoms with Gasteiger partial charge in [0.25, 0.3) is 0 Å². The molecule has 0 amide bonds. The second-order valence-electron chi connectivity index (χ2n) is 6.39. The van der Waals surface area contributed by atoms with Crippen LogP contribution in [0, 0.1) is 0 Å². The van der Waals surface area contributed by atoms with Gasteiger partial charge in [-0.3, -0.25) is 0 Å². The van der Waals surface area contributed by atoms with Gasteiger partial charge in [0.1, 0.15) is 0 Å². The predicted octanol–water partition coefficient (Wildman–Crippen LogP) is 4.39. The number of aromatic nitrogens is 2. The molecule has 4 nitrogen and oxygen atoms in total. The maximum atomic E-state index is 12.5. The summed E-state index contributed by atoms with van der Waals surface area (Å²) in [4.78, 5) is 16.7. The molecule has 25 heavy (non-hydrogen) atoms. The molecular formula is C20H18ClN3O. The highest BCUT2D eigenvalue weighted by Gasteiger charge is 2.25. The summed E-state index contributed by atoms with van der Waals surface area (Å²) in [6, 6.07) is 15.7. The van der Waals surface area contributed by atoms with E-state index in [-0.39, 0.29) is 11.6 Å². The lowest BCUT2D eigenvalue weighted by atomic mass is 9.89. The second kappa shape index (κ2) is 6.45. The van der Waals surface area contributed by atoms with Crippen LogP contribution >= 0.6 is 11.6 Å². The molecule has 0 spiro atoms. The van der Waals surface area contributed by atoms with E-state index in [0.29, 0.717) is 10.5 Å². The third-order valence-corrected chi connectivity index (χ3v) is 4.95. The van der Waals surface area contributed by atoms with Crippen molar-refractivity contribution in [1.29, 1.82) is 0 Å². The van der Waals surface area contributed by atoms with Gasteiger partial charge in [0.15, 0.2) is 0 Å². The molecule has 0 fully saturated rings. The second-order valence-corrected chi connectivity index (χ2v) is 6.83. The molecule has 1 aliphatic rings. The predicted molar refractivity (Wildman–Crippen MR) is 102 cm³/mol. The normalized spacial score (nSPS) is 16.6. The molecule has 2 heterocycles. The van der Waals surface area contributed by atoms with E-state index in [2.05, 4.69) is 29.1 Å². The van der Waals surface area contributed by atoms with Crippen molar-refractivity contribution in [3.8, 4) is 0 Å². The lowest BCUT2D eigenvalue weighted by Crippen LogP contribution is -2.30. The first-order valence-corrected chi connectivity index (χ1v) is 8.86. The summed E-state index contributed by atoms with van der Waals surface area (Å²) in [5.41, 5.74) is 3.49. The topological polar surface area (TPSA) is 47.2 Å². The number of nitrogens with zero attached hydrogens (tertiary/aromatic N) is 3. The van der Waals surface area contributed by atoms with Gasteiger partial charge in [-0.05, 0) is 36.6 Å². The van der Waals surface area contributed by atoms with Gasteiger partial charge in [-0.25, -0.2) is 4.79 Å². The summed E-state index contributed by atoms with van der Waals surface area (Å²) < 4.78 is 1.48. The van der Waals surface area contributed by atoms with E-state index in [1.807, 2.05) is 24.3 Å². The highest BCUT2D eigenvalue weighted by Crippen LogP contribution is 2.33. The van der Waals surface area contributed by atoms with Crippen LogP contribution in [0.15, 0.2) is 58.4 Å². The molecule has 0 N–H and O–H groups in total. The summed E-state index contributed by atoms with van der Waals surface area (Å²) in [6.07, 6.45) is 2.52. The Morgan fingerprint density at radius 1 is 1.20 bits per heavy atom. The number of hydrogen-bond donors (Lipinski definition) is 0. The van der Waals surface area contributed by atoms with Crippen molar-refractivity contribution in [2.45, 2.75) is 32.1 Å². The van der Waals surface area contributed by atoms with Gasteiger partial charge in [0, 0.05) is 28.5 Å². The molecule has 1 aliphatic heterocycles. The Morgan fingerprint density at radius 2 is 2.00 bits per heavy atom. The zero-order chi connectivity index (χ0) is 17.4. The molecule has 1 aromatic heterocycles. The van der Waals surface area contributed by atoms with Gasteiger partial charge in [-0.2, -0.15) is 14.8 Å². The minimum atomic E-state index is -0.325. The molecule has 0 aliphatic carbocycles. The van der Waals surface area contributed by atoms with Gasteiger partial charge >= 0.3 is 5.69 Å². The number of hydrogen-bond acceptors (Lipinski definition) is 3. The molecule has 0 radical (unpaired) electrons. The van der Waals surface area contributed by atoms with Crippen LogP contribution in [0.2, 0.25) is 5.02 Å². The van der Waals surface area contributed by atoms with Crippen molar-refractivity contribution in [3.05, 3.63) is 75.3 Å². The number of rotatable bonds is 3. The summed E-state index contributed by atoms with van der Waals surface area (Å²) in [5, 5.41) is 6.19. The highest BCUT2D eigenvalue weighted by atomic mass is 35.5. The molecule has 0 bridgehead atoms. The third-order valence-electron chi connectivity index (χ3n) is 4.71. The van der Waals surface area contributed by atoms with Gasteiger partial charge < -0.3 is 0 Å². The molecule has 5 heteroatoms. The van der Waals surface area contributed by atoms with Crippen molar-refractivity contribution in [3.63, 3.8) is 0 Å². The Balaban J connectivity index is 1.88. The Kier molecular flexibility index (Phi) is 4.14. The maximum Gasteiger partial charge on any atom is 0.369 e. The minimum absolute atomic E-state index is 0.230. The Morgan fingerprint density at radius 3 is 2.76 bits per heavy atom. The van der Waals surface area contributed by atoms with Gasteiger partial charge in [-0.1, -0.05) is 48.9 Å². The number of halogens is 1. The molecule has 4 rings (SSSR count). The lowest BCUT2D eigenvalue weighted by molar-refractivity contribution is 0.578. The van der Waals surface area contributed by atoms with Crippen LogP contribution in [0.1, 0.15) is 36.9 Å². The average Bonchev–Trinajstić information content (AvgIpc) is 2.63. The Labute approximate surface area is 150 Å². The minimum Gasteiger partial charge on any atom is -0.244 e. The van der Waals surface area contributed by atoms with Crippen LogP contribution in [0.4, 0.5) is 0 Å². The first-order valence-electron chi connectivity index (χ1n) is 8.48. The highest BCUT2D eigenvalue weighted by molar-refractivity contribution is 6.31. The fourth-order valence-corrected chi connectivity index (χ4v) is 3.68. The van der Waals surface area contributed by atoms with Crippen LogP contribution in [-0.4, -0.2) is 15.4 Å². The molecule has 0 saturated carbocycles. The van der Waals surface area contributed by atoms with E-state index in [4.69, 9.17) is 11.6 Å². The Hall–Kier alpha value is -2.46. The van der Waals surface area contributed by atoms with Crippen LogP contribution in [-0.2, 0) is 6.42 Å². The molecule has 126 valence electrons. The molecule has 1 atom stereocenters. The number of fused-ring (bicyclic) bond motifs is 3. The van der Waals surface area contributed by atoms with Crippen LogP contribution in [0.25, 0.3) is 10.9 Å². The maximum absolute atomic E-state index is 12.5. The zero-order valence-corrected chi connectivity index (χ0v) is 14.7. The smallest absolute Gasteiger partial charge is 0.244 e. The number of benzene rings is 2. The first kappa shape index (κ1) is 16.0. The van der Waals surface area contributed by atoms with Crippen molar-refractivity contribution in [1.82, 2.24) is 9.66 Å². The third kappa shape index (κ3) is 2.98. The van der Waals surface area contributed by atoms with Crippen molar-refractivity contribution in [2.75, 3.05) is 0 Å². The fourth-order valence-electron chi connectivity index (χ4n) is 3.51. The van der Waals surface area contributed by atoms with E-state index in [9.17, 15) is 4.79 Å². The van der Waals surface area contributed by atoms with Crippen molar-refractivity contribution < 1.29 is 0 Å². The fraction of sp³-hybridized carbons (Fsp3) is 0.250. The summed E-state index contributed by atoms with van der Waals surface area (Å²) in [6.45, 7) is 2.14. The van der Waals surface area contributed by atoms with Crippen LogP contribution in [0.3, 0.4) is 0 Å². The van der Waals surface area contributed by atoms with Gasteiger partial charge in [0.2, 0.25) is 0 Å². The first-order chi connectivity index (χ1) is 12.2. The lowest BCUT2D eigenvalue weighted by Gasteiger charge is -2.25. The zero-order valence-electron chi connectivity index (χ0n) is 13.9. The van der Waals surface area contributed by atoms with E-state index >= 15 is 0 Å². The van der Waals surface area contributed by atoms with Gasteiger partial charge in [0.05, 0.1) is 11.2 Å². The van der Waals surface area contributed by atoms with Gasteiger partial charge in [-0.15, -0.1) is 0 Å². The van der Waals surface area contributed by atoms with Crippen molar-refractivity contribution >= 4 is 28.2 Å². The van der Waals surface area contributed by atoms with E-state index in [0.717, 1.165) is 36.1 Å². The van der Waals surface area contributed by atoms with Crippen molar-refractivity contribution in [2.24, 2.45) is 5.10 Å². The molecule has 3 aromatic rings. The largest absolute Gasteiger partial charge is 0.369 e. The standard InChI is InChI=1S/C20H18ClN3O/c1-2-14-11-16(10-13-6-4-3-5-7-13)23-24-19(14)17-12-15(21)8-9-18(17)22-20(24)25/h3-9,12,14H,2,10-11H2,1H3. The van der Waals surface area contributed by atoms with Crippen LogP contribution in [0.5, 0.6) is 0 Å². The van der Waals surface area contributed by atoms with E-state index in [1.54, 1.807) is 12.1 Å². The summed E-state index contributed by atoms with van der Waals surface area (Å²) >= 11 is 6.18. The quantitative estimate of drug-likeness (QED) is 0.702. The van der Waals surface area contributed by atoms with E-state index < -0.39 is 0 Å². The van der Waals surface area contributed by atoms with Crippen LogP contribution < -0.4 is 5.69 Å². The average molecular weight is 352 g/mol. The molecule has 0 saturated heterocycles.